The lowest BCUT2D eigenvalue weighted by Crippen LogP contribution is -2.36. The molecule has 0 aliphatic carbocycles. The summed E-state index contributed by atoms with van der Waals surface area (Å²) in [4.78, 5) is 27.7. The Morgan fingerprint density at radius 3 is 2.48 bits per heavy atom. The fourth-order valence-electron chi connectivity index (χ4n) is 5.45. The van der Waals surface area contributed by atoms with Gasteiger partial charge in [-0.1, -0.05) is 35.5 Å². The minimum atomic E-state index is -4.31. The van der Waals surface area contributed by atoms with Crippen LogP contribution in [-0.2, 0) is 43.9 Å². The fourth-order valence-corrected chi connectivity index (χ4v) is 8.95. The van der Waals surface area contributed by atoms with E-state index in [1.54, 1.807) is 0 Å². The van der Waals surface area contributed by atoms with Crippen molar-refractivity contribution in [3.05, 3.63) is 40.1 Å². The third-order valence-corrected chi connectivity index (χ3v) is 11.7. The van der Waals surface area contributed by atoms with Gasteiger partial charge in [0.05, 0.1) is 40.6 Å². The molecular formula is C22H22Cl3N7O10P2S2. The predicted octanol–water partition coefficient (Wildman–Crippen LogP) is 3.01. The minimum absolute atomic E-state index is 0.0963. The first-order valence-corrected chi connectivity index (χ1v) is 19.6. The smallest absolute Gasteiger partial charge is 0.386 e. The third-order valence-electron chi connectivity index (χ3n) is 7.54. The van der Waals surface area contributed by atoms with Crippen LogP contribution in [0.2, 0.25) is 15.3 Å². The Labute approximate surface area is 283 Å². The van der Waals surface area contributed by atoms with E-state index < -0.39 is 75.8 Å². The summed E-state index contributed by atoms with van der Waals surface area (Å²) in [6, 6.07) is 2.97. The van der Waals surface area contributed by atoms with Crippen molar-refractivity contribution in [2.45, 2.75) is 49.1 Å². The highest BCUT2D eigenvalue weighted by atomic mass is 35.5. The van der Waals surface area contributed by atoms with Gasteiger partial charge in [0.25, 0.3) is 0 Å². The van der Waals surface area contributed by atoms with Crippen LogP contribution < -0.4 is 5.73 Å². The van der Waals surface area contributed by atoms with Crippen molar-refractivity contribution in [2.75, 3.05) is 18.9 Å². The number of imidazole rings is 2. The van der Waals surface area contributed by atoms with Gasteiger partial charge in [-0.2, -0.15) is 0 Å². The lowest BCUT2D eigenvalue weighted by Gasteiger charge is -2.28. The van der Waals surface area contributed by atoms with Gasteiger partial charge in [0.1, 0.15) is 48.5 Å². The quantitative estimate of drug-likeness (QED) is 0.146. The number of aromatic nitrogens is 6. The number of fused-ring (bicyclic) bond motifs is 5. The topological polar surface area (TPSA) is 221 Å². The van der Waals surface area contributed by atoms with Gasteiger partial charge in [-0.15, -0.1) is 0 Å². The van der Waals surface area contributed by atoms with Crippen molar-refractivity contribution in [2.24, 2.45) is 0 Å². The van der Waals surface area contributed by atoms with Crippen LogP contribution in [0.4, 0.5) is 5.82 Å². The molecule has 5 N–H and O–H groups in total. The number of nitrogens with two attached hydrogens (primary N) is 1. The number of hydrogen-bond acceptors (Lipinski definition) is 15. The Hall–Kier alpha value is -1.22. The molecule has 4 aromatic rings. The maximum atomic E-state index is 13.5. The molecule has 3 aliphatic rings. The van der Waals surface area contributed by atoms with Crippen LogP contribution in [-0.4, -0.2) is 94.0 Å². The van der Waals surface area contributed by atoms with E-state index in [1.807, 2.05) is 0 Å². The van der Waals surface area contributed by atoms with Gasteiger partial charge in [0.15, 0.2) is 23.9 Å². The number of anilines is 1. The van der Waals surface area contributed by atoms with Crippen molar-refractivity contribution in [3.63, 3.8) is 0 Å². The van der Waals surface area contributed by atoms with E-state index in [9.17, 15) is 19.7 Å². The van der Waals surface area contributed by atoms with Crippen LogP contribution in [0.1, 0.15) is 12.5 Å². The molecule has 17 nitrogen and oxygen atoms in total. The maximum Gasteiger partial charge on any atom is 0.386 e. The molecule has 0 saturated carbocycles. The SMILES string of the molecule is Nc1ncnc2c1ncn2[C@@H]1O[C@@H]2COP(O)(=S)OC3[C@@H](O)[C@@H](COP(=O)(S)OC2[C@@H]1O)O[C@H]3n1c(Cl)nc2cc(Cl)c(Cl)cc21. The molecule has 46 heavy (non-hydrogen) atoms. The van der Waals surface area contributed by atoms with Gasteiger partial charge in [0, 0.05) is 0 Å². The Morgan fingerprint density at radius 2 is 1.70 bits per heavy atom. The van der Waals surface area contributed by atoms with Crippen molar-refractivity contribution >= 4 is 100 Å². The van der Waals surface area contributed by atoms with E-state index in [1.165, 1.54) is 33.9 Å². The van der Waals surface area contributed by atoms with Crippen LogP contribution in [0.25, 0.3) is 22.2 Å². The van der Waals surface area contributed by atoms with Gasteiger partial charge < -0.3 is 34.8 Å². The molecule has 0 amide bonds. The summed E-state index contributed by atoms with van der Waals surface area (Å²) in [6.45, 7) is -9.63. The monoisotopic (exact) mass is 775 g/mol. The number of aliphatic hydroxyl groups is 2. The number of thiol groups is 1. The second-order valence-electron chi connectivity index (χ2n) is 10.4. The first kappa shape index (κ1) is 33.3. The maximum absolute atomic E-state index is 13.5. The molecule has 4 unspecified atom stereocenters. The molecule has 3 aliphatic heterocycles. The average Bonchev–Trinajstić information content (AvgIpc) is 3.71. The first-order valence-electron chi connectivity index (χ1n) is 13.2. The molecule has 0 radical (unpaired) electrons. The Kier molecular flexibility index (Phi) is 8.88. The second kappa shape index (κ2) is 12.3. The molecule has 3 aromatic heterocycles. The number of halogens is 3. The molecule has 24 heteroatoms. The molecular weight excluding hydrogens is 755 g/mol. The molecule has 1 aromatic carbocycles. The number of benzene rings is 1. The summed E-state index contributed by atoms with van der Waals surface area (Å²) in [5.74, 6) is 0.0963. The summed E-state index contributed by atoms with van der Waals surface area (Å²) < 4.78 is 50.9. The molecule has 3 saturated heterocycles. The fraction of sp³-hybridized carbons (Fsp3) is 0.455. The number of ether oxygens (including phenoxy) is 2. The zero-order valence-electron chi connectivity index (χ0n) is 22.7. The van der Waals surface area contributed by atoms with Crippen molar-refractivity contribution < 1.29 is 47.2 Å². The summed E-state index contributed by atoms with van der Waals surface area (Å²) in [5, 5.41) is 22.8. The molecule has 3 fully saturated rings. The van der Waals surface area contributed by atoms with Crippen LogP contribution in [0.5, 0.6) is 0 Å². The van der Waals surface area contributed by atoms with Crippen molar-refractivity contribution in [1.82, 2.24) is 29.1 Å². The zero-order chi connectivity index (χ0) is 32.7. The minimum Gasteiger partial charge on any atom is -0.387 e. The van der Waals surface area contributed by atoms with E-state index in [-0.39, 0.29) is 32.3 Å². The highest BCUT2D eigenvalue weighted by Gasteiger charge is 2.53. The summed E-state index contributed by atoms with van der Waals surface area (Å²) in [6.07, 6.45) is -8.29. The van der Waals surface area contributed by atoms with Gasteiger partial charge in [-0.05, 0) is 35.5 Å². The van der Waals surface area contributed by atoms with E-state index >= 15 is 0 Å². The summed E-state index contributed by atoms with van der Waals surface area (Å²) in [7, 11) is 0. The molecule has 248 valence electrons. The first-order chi connectivity index (χ1) is 21.7. The van der Waals surface area contributed by atoms with E-state index in [2.05, 4.69) is 32.2 Å². The zero-order valence-corrected chi connectivity index (χ0v) is 28.5. The van der Waals surface area contributed by atoms with Gasteiger partial charge in [0.2, 0.25) is 5.28 Å². The predicted molar refractivity (Wildman–Crippen MR) is 169 cm³/mol. The standard InChI is InChI=1S/C22H22Cl3N7O10P2S2/c23-7-1-9-10(2-8(7)24)32(22(25)30-9)21-17-14(33)11(39-21)3-37-43(35,45)41-16-12(4-38-44(36,46)42-17)40-20(15(16)34)31-6-29-13-18(26)27-5-28-19(13)31/h1-2,5-6,11-12,14-17,20-21,33-34H,3-4H2,(H,35,45)(H,36,46)(H2,26,27,28)/t11-,12-,14+,15+,16?,17?,20-,21-,43?,44?/m1/s1. The normalized spacial score (nSPS) is 37.2. The van der Waals surface area contributed by atoms with Crippen LogP contribution >= 0.6 is 60.6 Å². The largest absolute Gasteiger partial charge is 0.387 e. The highest BCUT2D eigenvalue weighted by Crippen LogP contribution is 2.58. The Balaban J connectivity index is 1.21. The molecule has 0 spiro atoms. The van der Waals surface area contributed by atoms with Gasteiger partial charge in [-0.3, -0.25) is 22.7 Å². The number of nitrogen functional groups attached to an aromatic ring is 1. The second-order valence-corrected chi connectivity index (χ2v) is 17.2. The number of aliphatic hydroxyl groups excluding tert-OH is 2. The Morgan fingerprint density at radius 1 is 0.978 bits per heavy atom. The van der Waals surface area contributed by atoms with E-state index in [0.717, 1.165) is 0 Å². The van der Waals surface area contributed by atoms with Gasteiger partial charge >= 0.3 is 13.5 Å². The number of hydrogen-bond donors (Lipinski definition) is 5. The highest BCUT2D eigenvalue weighted by molar-refractivity contribution is 8.44. The van der Waals surface area contributed by atoms with Crippen LogP contribution in [0.15, 0.2) is 24.8 Å². The molecule has 7 rings (SSSR count). The summed E-state index contributed by atoms with van der Waals surface area (Å²) in [5.41, 5.74) is 7.07. The van der Waals surface area contributed by atoms with Gasteiger partial charge in [-0.25, -0.2) is 24.5 Å². The summed E-state index contributed by atoms with van der Waals surface area (Å²) >= 11 is 28.2. The van der Waals surface area contributed by atoms with E-state index in [0.29, 0.717) is 11.0 Å². The Bertz CT molecular complexity index is 1940. The molecule has 10 atom stereocenters. The molecule has 6 heterocycles. The third kappa shape index (κ3) is 5.98. The van der Waals surface area contributed by atoms with Crippen LogP contribution in [0, 0.1) is 0 Å². The van der Waals surface area contributed by atoms with Crippen LogP contribution in [0.3, 0.4) is 0 Å². The lowest BCUT2D eigenvalue weighted by molar-refractivity contribution is -0.0592. The van der Waals surface area contributed by atoms with E-state index in [4.69, 9.17) is 79.9 Å². The number of nitrogens with zero attached hydrogens (tertiary/aromatic N) is 6. The lowest BCUT2D eigenvalue weighted by atomic mass is 10.1. The average molecular weight is 777 g/mol. The number of rotatable bonds is 2. The molecule has 2 bridgehead atoms. The van der Waals surface area contributed by atoms with Crippen molar-refractivity contribution in [3.8, 4) is 0 Å². The van der Waals surface area contributed by atoms with Crippen molar-refractivity contribution in [1.29, 1.82) is 0 Å².